The van der Waals surface area contributed by atoms with Crippen molar-refractivity contribution in [3.63, 3.8) is 0 Å². The van der Waals surface area contributed by atoms with Crippen LogP contribution in [0.15, 0.2) is 24.3 Å². The SMILES string of the molecule is CCCC(NC(=O)NCc1ccc(F)cc1)C(=O)NCC1(N2CCOCC2)CCCCC1. The zero-order valence-electron chi connectivity index (χ0n) is 19.1. The lowest BCUT2D eigenvalue weighted by Gasteiger charge is -2.48. The molecule has 0 bridgehead atoms. The van der Waals surface area contributed by atoms with Crippen molar-refractivity contribution >= 4 is 11.9 Å². The second-order valence-corrected chi connectivity index (χ2v) is 8.90. The quantitative estimate of drug-likeness (QED) is 0.543. The summed E-state index contributed by atoms with van der Waals surface area (Å²) < 4.78 is 18.6. The van der Waals surface area contributed by atoms with Crippen LogP contribution in [0.25, 0.3) is 0 Å². The molecular formula is C24H37FN4O3. The molecule has 0 spiro atoms. The molecule has 1 aliphatic carbocycles. The van der Waals surface area contributed by atoms with Crippen LogP contribution in [0.3, 0.4) is 0 Å². The summed E-state index contributed by atoms with van der Waals surface area (Å²) in [4.78, 5) is 27.9. The first-order valence-corrected chi connectivity index (χ1v) is 11.9. The van der Waals surface area contributed by atoms with E-state index in [0.717, 1.165) is 51.1 Å². The number of nitrogens with zero attached hydrogens (tertiary/aromatic N) is 1. The zero-order valence-corrected chi connectivity index (χ0v) is 19.1. The van der Waals surface area contributed by atoms with Gasteiger partial charge in [0.1, 0.15) is 11.9 Å². The molecule has 1 aromatic rings. The van der Waals surface area contributed by atoms with Gasteiger partial charge in [0.05, 0.1) is 13.2 Å². The number of benzene rings is 1. The molecule has 3 rings (SSSR count). The van der Waals surface area contributed by atoms with E-state index in [1.807, 2.05) is 6.92 Å². The summed E-state index contributed by atoms with van der Waals surface area (Å²) in [6.07, 6.45) is 7.11. The molecule has 1 saturated heterocycles. The topological polar surface area (TPSA) is 82.7 Å². The Labute approximate surface area is 190 Å². The van der Waals surface area contributed by atoms with Crippen LogP contribution in [0.5, 0.6) is 0 Å². The monoisotopic (exact) mass is 448 g/mol. The minimum absolute atomic E-state index is 0.0146. The van der Waals surface area contributed by atoms with Gasteiger partial charge < -0.3 is 20.7 Å². The van der Waals surface area contributed by atoms with E-state index in [0.29, 0.717) is 13.0 Å². The van der Waals surface area contributed by atoms with Gasteiger partial charge in [-0.05, 0) is 37.0 Å². The van der Waals surface area contributed by atoms with Crippen LogP contribution in [0.4, 0.5) is 9.18 Å². The number of hydrogen-bond donors (Lipinski definition) is 3. The number of ether oxygens (including phenoxy) is 1. The number of hydrogen-bond acceptors (Lipinski definition) is 4. The number of rotatable bonds is 9. The van der Waals surface area contributed by atoms with Gasteiger partial charge in [0.2, 0.25) is 5.91 Å². The Morgan fingerprint density at radius 3 is 2.44 bits per heavy atom. The molecular weight excluding hydrogens is 411 g/mol. The van der Waals surface area contributed by atoms with Gasteiger partial charge >= 0.3 is 6.03 Å². The lowest BCUT2D eigenvalue weighted by Crippen LogP contribution is -2.61. The van der Waals surface area contributed by atoms with Crippen LogP contribution >= 0.6 is 0 Å². The fraction of sp³-hybridized carbons (Fsp3) is 0.667. The molecule has 1 atom stereocenters. The molecule has 7 nitrogen and oxygen atoms in total. The summed E-state index contributed by atoms with van der Waals surface area (Å²) in [5.41, 5.74) is 0.780. The van der Waals surface area contributed by atoms with Gasteiger partial charge in [0.25, 0.3) is 0 Å². The molecule has 8 heteroatoms. The third-order valence-electron chi connectivity index (χ3n) is 6.62. The lowest BCUT2D eigenvalue weighted by molar-refractivity contribution is -0.124. The molecule has 1 aromatic carbocycles. The van der Waals surface area contributed by atoms with Gasteiger partial charge in [0, 0.05) is 31.7 Å². The molecule has 2 fully saturated rings. The number of carbonyl (C=O) groups is 2. The van der Waals surface area contributed by atoms with Crippen LogP contribution in [0.2, 0.25) is 0 Å². The minimum atomic E-state index is -0.585. The van der Waals surface area contributed by atoms with Crippen LogP contribution in [-0.4, -0.2) is 61.3 Å². The smallest absolute Gasteiger partial charge is 0.315 e. The van der Waals surface area contributed by atoms with Crippen LogP contribution in [0, 0.1) is 5.82 Å². The van der Waals surface area contributed by atoms with Gasteiger partial charge in [-0.2, -0.15) is 0 Å². The summed E-state index contributed by atoms with van der Waals surface area (Å²) in [5, 5.41) is 8.72. The van der Waals surface area contributed by atoms with Gasteiger partial charge in [-0.25, -0.2) is 9.18 Å². The molecule has 3 amide bonds. The van der Waals surface area contributed by atoms with Crippen molar-refractivity contribution in [1.29, 1.82) is 0 Å². The molecule has 3 N–H and O–H groups in total. The highest BCUT2D eigenvalue weighted by Crippen LogP contribution is 2.33. The third-order valence-corrected chi connectivity index (χ3v) is 6.62. The van der Waals surface area contributed by atoms with Gasteiger partial charge in [-0.3, -0.25) is 9.69 Å². The molecule has 0 radical (unpaired) electrons. The first-order chi connectivity index (χ1) is 15.5. The van der Waals surface area contributed by atoms with E-state index in [-0.39, 0.29) is 23.8 Å². The fourth-order valence-electron chi connectivity index (χ4n) is 4.78. The number of morpholine rings is 1. The van der Waals surface area contributed by atoms with Crippen molar-refractivity contribution < 1.29 is 18.7 Å². The van der Waals surface area contributed by atoms with E-state index < -0.39 is 12.1 Å². The Balaban J connectivity index is 1.53. The normalized spacial score (nSPS) is 19.7. The predicted molar refractivity (Wildman–Crippen MR) is 122 cm³/mol. The highest BCUT2D eigenvalue weighted by Gasteiger charge is 2.39. The molecule has 1 saturated carbocycles. The second kappa shape index (κ2) is 12.2. The number of urea groups is 1. The summed E-state index contributed by atoms with van der Waals surface area (Å²) >= 11 is 0. The van der Waals surface area contributed by atoms with Crippen molar-refractivity contribution in [2.24, 2.45) is 0 Å². The van der Waals surface area contributed by atoms with Crippen molar-refractivity contribution in [1.82, 2.24) is 20.9 Å². The first-order valence-electron chi connectivity index (χ1n) is 11.9. The molecule has 178 valence electrons. The van der Waals surface area contributed by atoms with Crippen molar-refractivity contribution in [2.75, 3.05) is 32.8 Å². The summed E-state index contributed by atoms with van der Waals surface area (Å²) in [6, 6.07) is 4.99. The third kappa shape index (κ3) is 6.90. The van der Waals surface area contributed by atoms with E-state index in [2.05, 4.69) is 20.9 Å². The van der Waals surface area contributed by atoms with E-state index in [1.54, 1.807) is 12.1 Å². The van der Waals surface area contributed by atoms with E-state index >= 15 is 0 Å². The second-order valence-electron chi connectivity index (χ2n) is 8.90. The highest BCUT2D eigenvalue weighted by molar-refractivity contribution is 5.87. The van der Waals surface area contributed by atoms with Gasteiger partial charge in [-0.15, -0.1) is 0 Å². The molecule has 1 unspecified atom stereocenters. The standard InChI is InChI=1S/C24H37FN4O3/c1-2-6-21(28-23(31)26-17-19-7-9-20(25)10-8-19)22(30)27-18-24(11-4-3-5-12-24)29-13-15-32-16-14-29/h7-10,21H,2-6,11-18H2,1H3,(H,27,30)(H2,26,28,31). The van der Waals surface area contributed by atoms with Crippen molar-refractivity contribution in [2.45, 2.75) is 70.0 Å². The Morgan fingerprint density at radius 2 is 1.78 bits per heavy atom. The summed E-state index contributed by atoms with van der Waals surface area (Å²) in [6.45, 7) is 6.15. The number of halogens is 1. The van der Waals surface area contributed by atoms with E-state index in [4.69, 9.17) is 4.74 Å². The number of carbonyl (C=O) groups excluding carboxylic acids is 2. The maximum absolute atomic E-state index is 13.0. The molecule has 1 aliphatic heterocycles. The summed E-state index contributed by atoms with van der Waals surface area (Å²) in [5.74, 6) is -0.451. The minimum Gasteiger partial charge on any atom is -0.379 e. The average Bonchev–Trinajstić information content (AvgIpc) is 2.83. The molecule has 2 aliphatic rings. The van der Waals surface area contributed by atoms with Crippen LogP contribution in [0.1, 0.15) is 57.4 Å². The summed E-state index contributed by atoms with van der Waals surface area (Å²) in [7, 11) is 0. The van der Waals surface area contributed by atoms with Crippen molar-refractivity contribution in [3.05, 3.63) is 35.6 Å². The largest absolute Gasteiger partial charge is 0.379 e. The van der Waals surface area contributed by atoms with Crippen molar-refractivity contribution in [3.8, 4) is 0 Å². The van der Waals surface area contributed by atoms with Gasteiger partial charge in [-0.1, -0.05) is 44.7 Å². The number of amides is 3. The lowest BCUT2D eigenvalue weighted by atomic mass is 9.79. The first kappa shape index (κ1) is 24.5. The Kier molecular flexibility index (Phi) is 9.29. The van der Waals surface area contributed by atoms with E-state index in [1.165, 1.54) is 31.4 Å². The zero-order chi connectivity index (χ0) is 22.8. The Hall–Kier alpha value is -2.19. The van der Waals surface area contributed by atoms with Crippen LogP contribution in [-0.2, 0) is 16.1 Å². The van der Waals surface area contributed by atoms with Gasteiger partial charge in [0.15, 0.2) is 0 Å². The fourth-order valence-corrected chi connectivity index (χ4v) is 4.78. The maximum atomic E-state index is 13.0. The Morgan fingerprint density at radius 1 is 1.09 bits per heavy atom. The Bertz CT molecular complexity index is 731. The molecule has 0 aromatic heterocycles. The maximum Gasteiger partial charge on any atom is 0.315 e. The molecule has 1 heterocycles. The molecule has 32 heavy (non-hydrogen) atoms. The van der Waals surface area contributed by atoms with Crippen LogP contribution < -0.4 is 16.0 Å². The average molecular weight is 449 g/mol. The van der Waals surface area contributed by atoms with E-state index in [9.17, 15) is 14.0 Å². The highest BCUT2D eigenvalue weighted by atomic mass is 19.1. The predicted octanol–water partition coefficient (Wildman–Crippen LogP) is 2.94. The number of nitrogens with one attached hydrogen (secondary N) is 3.